The first-order valence-corrected chi connectivity index (χ1v) is 6.82. The Morgan fingerprint density at radius 1 is 1.20 bits per heavy atom. The summed E-state index contributed by atoms with van der Waals surface area (Å²) in [6.07, 6.45) is 0.298. The van der Waals surface area contributed by atoms with Crippen LogP contribution in [0.2, 0.25) is 0 Å². The Morgan fingerprint density at radius 2 is 2.00 bits per heavy atom. The van der Waals surface area contributed by atoms with Gasteiger partial charge in [0.1, 0.15) is 5.82 Å². The zero-order valence-electron chi connectivity index (χ0n) is 10.3. The van der Waals surface area contributed by atoms with Crippen molar-refractivity contribution in [2.24, 2.45) is 0 Å². The number of rotatable bonds is 3. The Labute approximate surface area is 118 Å². The number of hydrogen-bond donors (Lipinski definition) is 1. The molecular formula is C15H10FNO2S. The van der Waals surface area contributed by atoms with Crippen LogP contribution < -0.4 is 0 Å². The van der Waals surface area contributed by atoms with Crippen molar-refractivity contribution in [3.05, 3.63) is 64.4 Å². The monoisotopic (exact) mass is 287 g/mol. The molecule has 3 rings (SSSR count). The van der Waals surface area contributed by atoms with E-state index in [9.17, 15) is 9.18 Å². The van der Waals surface area contributed by atoms with Crippen molar-refractivity contribution in [2.75, 3.05) is 0 Å². The first kappa shape index (κ1) is 12.7. The Hall–Kier alpha value is -2.27. The number of benzene rings is 2. The molecule has 1 aromatic heterocycles. The molecule has 0 aliphatic rings. The number of aromatic nitrogens is 1. The van der Waals surface area contributed by atoms with Crippen molar-refractivity contribution in [3.63, 3.8) is 0 Å². The number of halogens is 1. The van der Waals surface area contributed by atoms with Gasteiger partial charge in [0.25, 0.3) is 0 Å². The van der Waals surface area contributed by atoms with Crippen LogP contribution in [0.4, 0.5) is 4.39 Å². The zero-order valence-corrected chi connectivity index (χ0v) is 11.2. The van der Waals surface area contributed by atoms with E-state index < -0.39 is 11.8 Å². The summed E-state index contributed by atoms with van der Waals surface area (Å²) in [5.74, 6) is -1.94. The van der Waals surface area contributed by atoms with Crippen LogP contribution in [0.25, 0.3) is 10.2 Å². The van der Waals surface area contributed by atoms with Crippen LogP contribution in [0.15, 0.2) is 42.5 Å². The van der Waals surface area contributed by atoms with E-state index in [1.54, 1.807) is 12.1 Å². The number of fused-ring (bicyclic) bond motifs is 1. The molecular weight excluding hydrogens is 277 g/mol. The van der Waals surface area contributed by atoms with Gasteiger partial charge >= 0.3 is 5.97 Å². The van der Waals surface area contributed by atoms with Crippen molar-refractivity contribution in [3.8, 4) is 0 Å². The van der Waals surface area contributed by atoms with E-state index in [4.69, 9.17) is 5.11 Å². The second-order valence-electron chi connectivity index (χ2n) is 4.34. The van der Waals surface area contributed by atoms with Crippen LogP contribution in [0.3, 0.4) is 0 Å². The van der Waals surface area contributed by atoms with Crippen LogP contribution in [0.1, 0.15) is 20.9 Å². The fraction of sp³-hybridized carbons (Fsp3) is 0.0667. The highest BCUT2D eigenvalue weighted by atomic mass is 32.1. The number of carbonyl (C=O) groups is 1. The fourth-order valence-electron chi connectivity index (χ4n) is 2.04. The standard InChI is InChI=1S/C15H10FNO2S/c16-14-9(4-3-5-10(14)15(18)19)8-13-17-11-6-1-2-7-12(11)20-13/h1-7H,8H2,(H,18,19). The summed E-state index contributed by atoms with van der Waals surface area (Å²) in [5, 5.41) is 9.69. The highest BCUT2D eigenvalue weighted by molar-refractivity contribution is 7.18. The van der Waals surface area contributed by atoms with Gasteiger partial charge in [0, 0.05) is 6.42 Å². The molecule has 0 aliphatic heterocycles. The molecule has 0 spiro atoms. The minimum Gasteiger partial charge on any atom is -0.478 e. The van der Waals surface area contributed by atoms with Gasteiger partial charge in [-0.2, -0.15) is 0 Å². The molecule has 0 atom stereocenters. The lowest BCUT2D eigenvalue weighted by Gasteiger charge is -2.03. The number of carboxylic acid groups (broad SMARTS) is 1. The normalized spacial score (nSPS) is 10.8. The van der Waals surface area contributed by atoms with Crippen LogP contribution in [0.5, 0.6) is 0 Å². The molecule has 100 valence electrons. The minimum atomic E-state index is -1.26. The van der Waals surface area contributed by atoms with Crippen molar-refractivity contribution < 1.29 is 14.3 Å². The van der Waals surface area contributed by atoms with Crippen molar-refractivity contribution in [1.29, 1.82) is 0 Å². The molecule has 0 saturated heterocycles. The lowest BCUT2D eigenvalue weighted by atomic mass is 10.1. The number of aromatic carboxylic acids is 1. The van der Waals surface area contributed by atoms with E-state index in [1.165, 1.54) is 17.4 Å². The highest BCUT2D eigenvalue weighted by Gasteiger charge is 2.15. The van der Waals surface area contributed by atoms with E-state index in [0.29, 0.717) is 12.0 Å². The van der Waals surface area contributed by atoms with E-state index in [0.717, 1.165) is 15.2 Å². The second kappa shape index (κ2) is 5.02. The second-order valence-corrected chi connectivity index (χ2v) is 5.45. The Bertz CT molecular complexity index is 764. The Balaban J connectivity index is 1.98. The quantitative estimate of drug-likeness (QED) is 0.798. The number of nitrogens with zero attached hydrogens (tertiary/aromatic N) is 1. The molecule has 0 bridgehead atoms. The molecule has 0 radical (unpaired) electrons. The highest BCUT2D eigenvalue weighted by Crippen LogP contribution is 2.25. The van der Waals surface area contributed by atoms with Crippen molar-refractivity contribution >= 4 is 27.5 Å². The molecule has 20 heavy (non-hydrogen) atoms. The van der Waals surface area contributed by atoms with Gasteiger partial charge < -0.3 is 5.11 Å². The number of para-hydroxylation sites is 1. The van der Waals surface area contributed by atoms with E-state index in [1.807, 2.05) is 24.3 Å². The molecule has 2 aromatic carbocycles. The summed E-state index contributed by atoms with van der Waals surface area (Å²) in [7, 11) is 0. The van der Waals surface area contributed by atoms with E-state index in [2.05, 4.69) is 4.98 Å². The van der Waals surface area contributed by atoms with E-state index >= 15 is 0 Å². The zero-order chi connectivity index (χ0) is 14.1. The average molecular weight is 287 g/mol. The third kappa shape index (κ3) is 2.28. The molecule has 0 aliphatic carbocycles. The third-order valence-corrected chi connectivity index (χ3v) is 4.03. The maximum absolute atomic E-state index is 14.1. The molecule has 3 nitrogen and oxygen atoms in total. The topological polar surface area (TPSA) is 50.2 Å². The van der Waals surface area contributed by atoms with Crippen LogP contribution >= 0.6 is 11.3 Å². The van der Waals surface area contributed by atoms with Gasteiger partial charge in [0.15, 0.2) is 0 Å². The molecule has 1 N–H and O–H groups in total. The predicted molar refractivity (Wildman–Crippen MR) is 75.8 cm³/mol. The third-order valence-electron chi connectivity index (χ3n) is 2.99. The fourth-order valence-corrected chi connectivity index (χ4v) is 3.03. The van der Waals surface area contributed by atoms with Crippen LogP contribution in [-0.4, -0.2) is 16.1 Å². The van der Waals surface area contributed by atoms with Gasteiger partial charge in [-0.1, -0.05) is 24.3 Å². The maximum Gasteiger partial charge on any atom is 0.338 e. The Morgan fingerprint density at radius 3 is 2.75 bits per heavy atom. The average Bonchev–Trinajstić information content (AvgIpc) is 2.83. The van der Waals surface area contributed by atoms with Gasteiger partial charge in [-0.05, 0) is 23.8 Å². The summed E-state index contributed by atoms with van der Waals surface area (Å²) in [6, 6.07) is 12.1. The minimum absolute atomic E-state index is 0.298. The summed E-state index contributed by atoms with van der Waals surface area (Å²) >= 11 is 1.49. The van der Waals surface area contributed by atoms with Gasteiger partial charge in [0.05, 0.1) is 20.8 Å². The maximum atomic E-state index is 14.1. The number of thiazole rings is 1. The molecule has 3 aromatic rings. The van der Waals surface area contributed by atoms with E-state index in [-0.39, 0.29) is 5.56 Å². The van der Waals surface area contributed by atoms with Gasteiger partial charge in [-0.25, -0.2) is 14.2 Å². The summed E-state index contributed by atoms with van der Waals surface area (Å²) in [6.45, 7) is 0. The van der Waals surface area contributed by atoms with Crippen molar-refractivity contribution in [1.82, 2.24) is 4.98 Å². The Kier molecular flexibility index (Phi) is 3.20. The van der Waals surface area contributed by atoms with Gasteiger partial charge in [0.2, 0.25) is 0 Å². The van der Waals surface area contributed by atoms with Crippen molar-refractivity contribution in [2.45, 2.75) is 6.42 Å². The van der Waals surface area contributed by atoms with Gasteiger partial charge in [-0.3, -0.25) is 0 Å². The molecule has 0 fully saturated rings. The van der Waals surface area contributed by atoms with Crippen LogP contribution in [0, 0.1) is 5.82 Å². The SMILES string of the molecule is O=C(O)c1cccc(Cc2nc3ccccc3s2)c1F. The number of hydrogen-bond acceptors (Lipinski definition) is 3. The molecule has 0 saturated carbocycles. The largest absolute Gasteiger partial charge is 0.478 e. The summed E-state index contributed by atoms with van der Waals surface area (Å²) < 4.78 is 15.1. The number of carboxylic acids is 1. The van der Waals surface area contributed by atoms with Crippen LogP contribution in [-0.2, 0) is 6.42 Å². The summed E-state index contributed by atoms with van der Waals surface area (Å²) in [5.41, 5.74) is 0.926. The smallest absolute Gasteiger partial charge is 0.338 e. The lowest BCUT2D eigenvalue weighted by molar-refractivity contribution is 0.0691. The molecule has 1 heterocycles. The predicted octanol–water partition coefficient (Wildman–Crippen LogP) is 3.72. The molecule has 0 unspecified atom stereocenters. The first-order valence-electron chi connectivity index (χ1n) is 6.00. The lowest BCUT2D eigenvalue weighted by Crippen LogP contribution is -2.03. The molecule has 0 amide bonds. The molecule has 5 heteroatoms. The van der Waals surface area contributed by atoms with Gasteiger partial charge in [-0.15, -0.1) is 11.3 Å². The summed E-state index contributed by atoms with van der Waals surface area (Å²) in [4.78, 5) is 15.3. The first-order chi connectivity index (χ1) is 9.65.